The van der Waals surface area contributed by atoms with Crippen LogP contribution in [0.3, 0.4) is 0 Å². The number of nitrogens with two attached hydrogens (primary N) is 1. The lowest BCUT2D eigenvalue weighted by atomic mass is 10.2. The molecule has 0 aliphatic rings. The fourth-order valence-corrected chi connectivity index (χ4v) is 2.19. The summed E-state index contributed by atoms with van der Waals surface area (Å²) in [5, 5.41) is 5.13. The second-order valence-corrected chi connectivity index (χ2v) is 5.52. The molecule has 0 aliphatic heterocycles. The summed E-state index contributed by atoms with van der Waals surface area (Å²) in [5.74, 6) is 0.544. The first-order valence-electron chi connectivity index (χ1n) is 8.19. The number of amides is 2. The van der Waals surface area contributed by atoms with Gasteiger partial charge in [0.15, 0.2) is 11.5 Å². The van der Waals surface area contributed by atoms with Crippen LogP contribution in [-0.2, 0) is 22.7 Å². The SMILES string of the molecule is COc1cc(CNC(=O)CNC(=O)CN)ccc1OCc1ccccc1.Cl. The average molecular weight is 394 g/mol. The van der Waals surface area contributed by atoms with Gasteiger partial charge in [0.2, 0.25) is 11.8 Å². The number of hydrogen-bond donors (Lipinski definition) is 3. The molecule has 0 unspecified atom stereocenters. The number of benzene rings is 2. The first kappa shape index (κ1) is 22.3. The third-order valence-corrected chi connectivity index (χ3v) is 3.59. The molecule has 0 heterocycles. The van der Waals surface area contributed by atoms with Crippen LogP contribution in [0.1, 0.15) is 11.1 Å². The van der Waals surface area contributed by atoms with Crippen LogP contribution in [0, 0.1) is 0 Å². The van der Waals surface area contributed by atoms with Crippen molar-refractivity contribution in [3.8, 4) is 11.5 Å². The van der Waals surface area contributed by atoms with Crippen molar-refractivity contribution in [3.63, 3.8) is 0 Å². The standard InChI is InChI=1S/C19H23N3O4.ClH/c1-25-17-9-15(11-21-19(24)12-22-18(23)10-20)7-8-16(17)26-13-14-5-3-2-4-6-14;/h2-9H,10-13,20H2,1H3,(H,21,24)(H,22,23);1H. The number of carbonyl (C=O) groups excluding carboxylic acids is 2. The third-order valence-electron chi connectivity index (χ3n) is 3.59. The Morgan fingerprint density at radius 2 is 1.70 bits per heavy atom. The van der Waals surface area contributed by atoms with Gasteiger partial charge in [-0.25, -0.2) is 0 Å². The van der Waals surface area contributed by atoms with Crippen molar-refractivity contribution in [1.29, 1.82) is 0 Å². The van der Waals surface area contributed by atoms with Gasteiger partial charge in [-0.2, -0.15) is 0 Å². The van der Waals surface area contributed by atoms with Crippen LogP contribution < -0.4 is 25.8 Å². The van der Waals surface area contributed by atoms with Gasteiger partial charge in [-0.05, 0) is 23.3 Å². The topological polar surface area (TPSA) is 103 Å². The lowest BCUT2D eigenvalue weighted by Gasteiger charge is -2.13. The van der Waals surface area contributed by atoms with E-state index in [9.17, 15) is 9.59 Å². The highest BCUT2D eigenvalue weighted by atomic mass is 35.5. The largest absolute Gasteiger partial charge is 0.493 e. The van der Waals surface area contributed by atoms with Crippen LogP contribution in [0.2, 0.25) is 0 Å². The van der Waals surface area contributed by atoms with E-state index in [1.165, 1.54) is 0 Å². The molecule has 0 saturated heterocycles. The van der Waals surface area contributed by atoms with Crippen LogP contribution in [-0.4, -0.2) is 32.0 Å². The highest BCUT2D eigenvalue weighted by Gasteiger charge is 2.08. The van der Waals surface area contributed by atoms with Gasteiger partial charge in [-0.15, -0.1) is 12.4 Å². The zero-order valence-electron chi connectivity index (χ0n) is 15.1. The normalized spacial score (nSPS) is 9.70. The minimum Gasteiger partial charge on any atom is -0.493 e. The van der Waals surface area contributed by atoms with Crippen molar-refractivity contribution >= 4 is 24.2 Å². The van der Waals surface area contributed by atoms with E-state index in [0.29, 0.717) is 24.7 Å². The monoisotopic (exact) mass is 393 g/mol. The Morgan fingerprint density at radius 1 is 0.963 bits per heavy atom. The van der Waals surface area contributed by atoms with Gasteiger partial charge >= 0.3 is 0 Å². The predicted octanol–water partition coefficient (Wildman–Crippen LogP) is 1.39. The lowest BCUT2D eigenvalue weighted by molar-refractivity contribution is -0.125. The molecular formula is C19H24ClN3O4. The number of halogens is 1. The van der Waals surface area contributed by atoms with E-state index in [1.807, 2.05) is 36.4 Å². The van der Waals surface area contributed by atoms with Gasteiger partial charge in [-0.1, -0.05) is 36.4 Å². The summed E-state index contributed by atoms with van der Waals surface area (Å²) in [5.41, 5.74) is 7.08. The molecule has 8 heteroatoms. The Morgan fingerprint density at radius 3 is 2.37 bits per heavy atom. The van der Waals surface area contributed by atoms with E-state index >= 15 is 0 Å². The van der Waals surface area contributed by atoms with E-state index in [-0.39, 0.29) is 37.3 Å². The molecule has 0 fully saturated rings. The molecule has 0 atom stereocenters. The second-order valence-electron chi connectivity index (χ2n) is 5.52. The van der Waals surface area contributed by atoms with Gasteiger partial charge < -0.3 is 25.8 Å². The fraction of sp³-hybridized carbons (Fsp3) is 0.263. The summed E-state index contributed by atoms with van der Waals surface area (Å²) >= 11 is 0. The highest BCUT2D eigenvalue weighted by molar-refractivity contribution is 5.85. The summed E-state index contributed by atoms with van der Waals surface area (Å²) in [6, 6.07) is 15.3. The van der Waals surface area contributed by atoms with E-state index in [2.05, 4.69) is 10.6 Å². The molecule has 0 bridgehead atoms. The summed E-state index contributed by atoms with van der Waals surface area (Å²) in [7, 11) is 1.56. The van der Waals surface area contributed by atoms with Crippen LogP contribution in [0.5, 0.6) is 11.5 Å². The molecule has 0 aromatic heterocycles. The van der Waals surface area contributed by atoms with E-state index < -0.39 is 0 Å². The number of nitrogens with one attached hydrogen (secondary N) is 2. The maximum Gasteiger partial charge on any atom is 0.239 e. The van der Waals surface area contributed by atoms with E-state index in [4.69, 9.17) is 15.2 Å². The van der Waals surface area contributed by atoms with Gasteiger partial charge in [0.1, 0.15) is 6.61 Å². The van der Waals surface area contributed by atoms with E-state index in [0.717, 1.165) is 11.1 Å². The van der Waals surface area contributed by atoms with Crippen LogP contribution in [0.15, 0.2) is 48.5 Å². The Kier molecular flexibility index (Phi) is 9.71. The van der Waals surface area contributed by atoms with Crippen molar-refractivity contribution in [2.24, 2.45) is 5.73 Å². The molecule has 0 radical (unpaired) electrons. The molecule has 27 heavy (non-hydrogen) atoms. The van der Waals surface area contributed by atoms with Gasteiger partial charge in [0, 0.05) is 6.54 Å². The van der Waals surface area contributed by atoms with Crippen molar-refractivity contribution < 1.29 is 19.1 Å². The maximum atomic E-state index is 11.7. The number of rotatable bonds is 9. The van der Waals surface area contributed by atoms with Gasteiger partial charge in [-0.3, -0.25) is 9.59 Å². The predicted molar refractivity (Wildman–Crippen MR) is 105 cm³/mol. The average Bonchev–Trinajstić information content (AvgIpc) is 2.69. The molecule has 2 amide bonds. The minimum atomic E-state index is -0.373. The Labute approximate surface area is 164 Å². The van der Waals surface area contributed by atoms with Crippen LogP contribution >= 0.6 is 12.4 Å². The smallest absolute Gasteiger partial charge is 0.239 e. The number of hydrogen-bond acceptors (Lipinski definition) is 5. The molecular weight excluding hydrogens is 370 g/mol. The minimum absolute atomic E-state index is 0. The molecule has 0 aliphatic carbocycles. The fourth-order valence-electron chi connectivity index (χ4n) is 2.19. The molecule has 0 saturated carbocycles. The molecule has 146 valence electrons. The Bertz CT molecular complexity index is 741. The Hall–Kier alpha value is -2.77. The summed E-state index contributed by atoms with van der Waals surface area (Å²) < 4.78 is 11.2. The van der Waals surface area contributed by atoms with Crippen molar-refractivity contribution in [2.75, 3.05) is 20.2 Å². The van der Waals surface area contributed by atoms with Gasteiger partial charge in [0.05, 0.1) is 20.2 Å². The summed E-state index contributed by atoms with van der Waals surface area (Å²) in [4.78, 5) is 22.7. The lowest BCUT2D eigenvalue weighted by Crippen LogP contribution is -2.39. The van der Waals surface area contributed by atoms with Crippen molar-refractivity contribution in [1.82, 2.24) is 10.6 Å². The van der Waals surface area contributed by atoms with Gasteiger partial charge in [0.25, 0.3) is 0 Å². The third kappa shape index (κ3) is 7.55. The van der Waals surface area contributed by atoms with Crippen molar-refractivity contribution in [3.05, 3.63) is 59.7 Å². The van der Waals surface area contributed by atoms with Crippen molar-refractivity contribution in [2.45, 2.75) is 13.2 Å². The quantitative estimate of drug-likeness (QED) is 0.597. The van der Waals surface area contributed by atoms with Crippen LogP contribution in [0.25, 0.3) is 0 Å². The first-order chi connectivity index (χ1) is 12.6. The molecule has 2 rings (SSSR count). The molecule has 2 aromatic rings. The molecule has 2 aromatic carbocycles. The molecule has 7 nitrogen and oxygen atoms in total. The highest BCUT2D eigenvalue weighted by Crippen LogP contribution is 2.28. The molecule has 0 spiro atoms. The van der Waals surface area contributed by atoms with E-state index in [1.54, 1.807) is 19.2 Å². The zero-order chi connectivity index (χ0) is 18.8. The molecule has 4 N–H and O–H groups in total. The summed E-state index contributed by atoms with van der Waals surface area (Å²) in [6.45, 7) is 0.501. The number of ether oxygens (including phenoxy) is 2. The van der Waals surface area contributed by atoms with Crippen LogP contribution in [0.4, 0.5) is 0 Å². The second kappa shape index (κ2) is 11.8. The number of carbonyl (C=O) groups is 2. The first-order valence-corrected chi connectivity index (χ1v) is 8.19. The summed E-state index contributed by atoms with van der Waals surface area (Å²) in [6.07, 6.45) is 0. The zero-order valence-corrected chi connectivity index (χ0v) is 15.9. The Balaban J connectivity index is 0.00000364. The maximum absolute atomic E-state index is 11.7. The number of methoxy groups -OCH3 is 1.